The van der Waals surface area contributed by atoms with Gasteiger partial charge in [0.15, 0.2) is 5.65 Å². The molecule has 0 saturated heterocycles. The molecule has 2 rings (SSSR count). The highest BCUT2D eigenvalue weighted by molar-refractivity contribution is 6.21. The summed E-state index contributed by atoms with van der Waals surface area (Å²) < 4.78 is 1.04. The minimum Gasteiger partial charge on any atom is -0.477 e. The van der Waals surface area contributed by atoms with Crippen molar-refractivity contribution in [3.05, 3.63) is 30.1 Å². The van der Waals surface area contributed by atoms with E-state index in [0.29, 0.717) is 5.65 Å². The van der Waals surface area contributed by atoms with E-state index in [1.165, 1.54) is 6.07 Å². The van der Waals surface area contributed by atoms with Crippen molar-refractivity contribution in [2.45, 2.75) is 0 Å². The first-order valence-corrected chi connectivity index (χ1v) is 3.90. The van der Waals surface area contributed by atoms with Crippen LogP contribution in [0.5, 0.6) is 0 Å². The molecule has 0 aliphatic heterocycles. The monoisotopic (exact) mass is 196 g/mol. The Morgan fingerprint density at radius 3 is 3.00 bits per heavy atom. The molecular formula is C8H5ClN2O2. The molecule has 0 spiro atoms. The molecule has 0 aliphatic rings. The van der Waals surface area contributed by atoms with Gasteiger partial charge in [0, 0.05) is 23.4 Å². The maximum absolute atomic E-state index is 10.7. The summed E-state index contributed by atoms with van der Waals surface area (Å²) in [6.45, 7) is 0. The zero-order valence-corrected chi connectivity index (χ0v) is 7.19. The third kappa shape index (κ3) is 1.15. The van der Waals surface area contributed by atoms with Crippen LogP contribution < -0.4 is 0 Å². The molecule has 2 aromatic heterocycles. The van der Waals surface area contributed by atoms with Gasteiger partial charge in [-0.2, -0.15) is 0 Å². The van der Waals surface area contributed by atoms with E-state index in [-0.39, 0.29) is 5.69 Å². The lowest BCUT2D eigenvalue weighted by molar-refractivity contribution is 0.0690. The van der Waals surface area contributed by atoms with E-state index in [1.807, 2.05) is 0 Å². The summed E-state index contributed by atoms with van der Waals surface area (Å²) in [6, 6.07) is 4.97. The Balaban J connectivity index is 2.81. The quantitative estimate of drug-likeness (QED) is 0.756. The first kappa shape index (κ1) is 8.07. The molecule has 0 unspecified atom stereocenters. The SMILES string of the molecule is O=C(O)c1cc2cccnc2n1Cl. The second-order valence-corrected chi connectivity index (χ2v) is 2.87. The van der Waals surface area contributed by atoms with E-state index < -0.39 is 5.97 Å². The fourth-order valence-corrected chi connectivity index (χ4v) is 1.41. The van der Waals surface area contributed by atoms with E-state index in [0.717, 1.165) is 9.47 Å². The number of halogens is 1. The van der Waals surface area contributed by atoms with Gasteiger partial charge in [-0.25, -0.2) is 13.9 Å². The summed E-state index contributed by atoms with van der Waals surface area (Å²) in [4.78, 5) is 14.6. The second kappa shape index (κ2) is 2.74. The van der Waals surface area contributed by atoms with Gasteiger partial charge in [0.05, 0.1) is 0 Å². The molecule has 0 atom stereocenters. The predicted molar refractivity (Wildman–Crippen MR) is 47.9 cm³/mol. The van der Waals surface area contributed by atoms with E-state index in [2.05, 4.69) is 4.98 Å². The second-order valence-electron chi connectivity index (χ2n) is 2.53. The Hall–Kier alpha value is -1.55. The van der Waals surface area contributed by atoms with Gasteiger partial charge in [0.2, 0.25) is 0 Å². The molecule has 0 aliphatic carbocycles. The summed E-state index contributed by atoms with van der Waals surface area (Å²) in [5.41, 5.74) is 0.483. The largest absolute Gasteiger partial charge is 0.477 e. The Morgan fingerprint density at radius 2 is 2.38 bits per heavy atom. The molecule has 0 amide bonds. The van der Waals surface area contributed by atoms with Gasteiger partial charge in [0.1, 0.15) is 5.69 Å². The number of aromatic carboxylic acids is 1. The van der Waals surface area contributed by atoms with Crippen LogP contribution in [0.1, 0.15) is 10.5 Å². The Kier molecular flexibility index (Phi) is 1.70. The Bertz CT molecular complexity index is 478. The molecule has 0 saturated carbocycles. The van der Waals surface area contributed by atoms with Crippen molar-refractivity contribution >= 4 is 28.8 Å². The van der Waals surface area contributed by atoms with Gasteiger partial charge in [-0.05, 0) is 18.2 Å². The maximum Gasteiger partial charge on any atom is 0.353 e. The van der Waals surface area contributed by atoms with Gasteiger partial charge in [-0.1, -0.05) is 0 Å². The summed E-state index contributed by atoms with van der Waals surface area (Å²) in [5.74, 6) is -1.06. The zero-order valence-electron chi connectivity index (χ0n) is 6.44. The predicted octanol–water partition coefficient (Wildman–Crippen LogP) is 1.74. The molecule has 0 radical (unpaired) electrons. The molecule has 2 heterocycles. The van der Waals surface area contributed by atoms with Crippen LogP contribution in [0.2, 0.25) is 0 Å². The van der Waals surface area contributed by atoms with Crippen LogP contribution in [0.4, 0.5) is 0 Å². The molecule has 2 aromatic rings. The van der Waals surface area contributed by atoms with Crippen molar-refractivity contribution in [3.63, 3.8) is 0 Å². The highest BCUT2D eigenvalue weighted by Gasteiger charge is 2.13. The van der Waals surface area contributed by atoms with Crippen molar-refractivity contribution in [3.8, 4) is 0 Å². The molecule has 5 heteroatoms. The van der Waals surface area contributed by atoms with Crippen LogP contribution in [0.25, 0.3) is 11.0 Å². The Labute approximate surface area is 78.5 Å². The van der Waals surface area contributed by atoms with Gasteiger partial charge in [0.25, 0.3) is 0 Å². The average Bonchev–Trinajstić information content (AvgIpc) is 2.45. The number of carbonyl (C=O) groups is 1. The third-order valence-corrected chi connectivity index (χ3v) is 2.07. The third-order valence-electron chi connectivity index (χ3n) is 1.73. The summed E-state index contributed by atoms with van der Waals surface area (Å²) >= 11 is 5.73. The number of hydrogen-bond donors (Lipinski definition) is 1. The fourth-order valence-electron chi connectivity index (χ4n) is 1.15. The summed E-state index contributed by atoms with van der Waals surface area (Å²) in [6.07, 6.45) is 1.56. The van der Waals surface area contributed by atoms with Crippen LogP contribution in [0.3, 0.4) is 0 Å². The van der Waals surface area contributed by atoms with Crippen LogP contribution in [0, 0.1) is 0 Å². The number of carboxylic acids is 1. The highest BCUT2D eigenvalue weighted by atomic mass is 35.5. The molecule has 0 aromatic carbocycles. The smallest absolute Gasteiger partial charge is 0.353 e. The number of hydrogen-bond acceptors (Lipinski definition) is 2. The number of pyridine rings is 1. The zero-order chi connectivity index (χ0) is 9.42. The number of fused-ring (bicyclic) bond motifs is 1. The number of nitrogens with zero attached hydrogens (tertiary/aromatic N) is 2. The van der Waals surface area contributed by atoms with Crippen LogP contribution >= 0.6 is 11.8 Å². The Morgan fingerprint density at radius 1 is 1.62 bits per heavy atom. The van der Waals surface area contributed by atoms with Crippen molar-refractivity contribution in [2.75, 3.05) is 0 Å². The van der Waals surface area contributed by atoms with E-state index in [4.69, 9.17) is 16.9 Å². The average molecular weight is 197 g/mol. The standard InChI is InChI=1S/C8H5ClN2O2/c9-11-6(8(12)13)4-5-2-1-3-10-7(5)11/h1-4H,(H,12,13). The van der Waals surface area contributed by atoms with Crippen molar-refractivity contribution in [1.29, 1.82) is 0 Å². The first-order chi connectivity index (χ1) is 6.20. The fraction of sp³-hybridized carbons (Fsp3) is 0. The van der Waals surface area contributed by atoms with E-state index in [1.54, 1.807) is 18.3 Å². The summed E-state index contributed by atoms with van der Waals surface area (Å²) in [5, 5.41) is 9.45. The molecule has 0 fully saturated rings. The van der Waals surface area contributed by atoms with E-state index in [9.17, 15) is 4.79 Å². The normalized spacial score (nSPS) is 10.5. The minimum absolute atomic E-state index is 0.0235. The number of rotatable bonds is 1. The highest BCUT2D eigenvalue weighted by Crippen LogP contribution is 2.18. The van der Waals surface area contributed by atoms with Crippen LogP contribution in [0.15, 0.2) is 24.4 Å². The molecular weight excluding hydrogens is 192 g/mol. The van der Waals surface area contributed by atoms with Gasteiger partial charge in [-0.3, -0.25) is 0 Å². The first-order valence-electron chi connectivity index (χ1n) is 3.56. The van der Waals surface area contributed by atoms with Crippen LogP contribution in [-0.2, 0) is 0 Å². The number of carboxylic acid groups (broad SMARTS) is 1. The van der Waals surface area contributed by atoms with Crippen LogP contribution in [-0.4, -0.2) is 20.1 Å². The lowest BCUT2D eigenvalue weighted by Gasteiger charge is -1.93. The minimum atomic E-state index is -1.06. The maximum atomic E-state index is 10.7. The summed E-state index contributed by atoms with van der Waals surface area (Å²) in [7, 11) is 0. The lowest BCUT2D eigenvalue weighted by atomic mass is 10.3. The number of aromatic nitrogens is 2. The van der Waals surface area contributed by atoms with Crippen molar-refractivity contribution < 1.29 is 9.90 Å². The van der Waals surface area contributed by atoms with Gasteiger partial charge < -0.3 is 5.11 Å². The molecule has 1 N–H and O–H groups in total. The lowest BCUT2D eigenvalue weighted by Crippen LogP contribution is -2.00. The molecule has 4 nitrogen and oxygen atoms in total. The van der Waals surface area contributed by atoms with E-state index >= 15 is 0 Å². The van der Waals surface area contributed by atoms with Gasteiger partial charge in [-0.15, -0.1) is 0 Å². The van der Waals surface area contributed by atoms with Crippen molar-refractivity contribution in [2.24, 2.45) is 0 Å². The molecule has 0 bridgehead atoms. The van der Waals surface area contributed by atoms with Crippen molar-refractivity contribution in [1.82, 2.24) is 9.07 Å². The molecule has 66 valence electrons. The van der Waals surface area contributed by atoms with Gasteiger partial charge >= 0.3 is 5.97 Å². The topological polar surface area (TPSA) is 55.1 Å². The molecule has 13 heavy (non-hydrogen) atoms.